The first-order valence-electron chi connectivity index (χ1n) is 10.5. The molecular formula is C25H29N3O3. The number of anilines is 1. The van der Waals surface area contributed by atoms with Crippen molar-refractivity contribution >= 4 is 17.6 Å². The van der Waals surface area contributed by atoms with E-state index in [9.17, 15) is 9.59 Å². The fraction of sp³-hybridized carbons (Fsp3) is 0.320. The number of aromatic amines is 1. The minimum absolute atomic E-state index is 0.341. The first-order chi connectivity index (χ1) is 14.8. The first kappa shape index (κ1) is 22.3. The van der Waals surface area contributed by atoms with Crippen LogP contribution in [-0.4, -0.2) is 27.9 Å². The maximum absolute atomic E-state index is 12.6. The number of hydrogen-bond acceptors (Lipinski definition) is 4. The van der Waals surface area contributed by atoms with E-state index in [1.165, 1.54) is 5.56 Å². The van der Waals surface area contributed by atoms with Crippen LogP contribution >= 0.6 is 0 Å². The number of aryl methyl sites for hydroxylation is 2. The lowest BCUT2D eigenvalue weighted by Gasteiger charge is -2.16. The lowest BCUT2D eigenvalue weighted by molar-refractivity contribution is -0.124. The van der Waals surface area contributed by atoms with Gasteiger partial charge in [0.15, 0.2) is 6.10 Å². The van der Waals surface area contributed by atoms with Gasteiger partial charge < -0.3 is 15.0 Å². The Morgan fingerprint density at radius 3 is 2.19 bits per heavy atom. The highest BCUT2D eigenvalue weighted by Gasteiger charge is 2.22. The molecule has 162 valence electrons. The molecule has 0 fully saturated rings. The normalized spacial score (nSPS) is 11.9. The van der Waals surface area contributed by atoms with E-state index in [-0.39, 0.29) is 5.91 Å². The molecule has 0 aliphatic heterocycles. The molecule has 1 amide bonds. The summed E-state index contributed by atoms with van der Waals surface area (Å²) in [7, 11) is 0. The van der Waals surface area contributed by atoms with Crippen molar-refractivity contribution in [2.75, 3.05) is 5.32 Å². The number of ether oxygens (including phenoxy) is 1. The lowest BCUT2D eigenvalue weighted by atomic mass is 10.0. The van der Waals surface area contributed by atoms with E-state index in [2.05, 4.69) is 29.1 Å². The molecule has 2 N–H and O–H groups in total. The monoisotopic (exact) mass is 419 g/mol. The smallest absolute Gasteiger partial charge is 0.338 e. The van der Waals surface area contributed by atoms with Gasteiger partial charge in [0, 0.05) is 16.9 Å². The second-order valence-corrected chi connectivity index (χ2v) is 7.94. The van der Waals surface area contributed by atoms with Gasteiger partial charge in [-0.15, -0.1) is 0 Å². The Balaban J connectivity index is 1.63. The third kappa shape index (κ3) is 5.40. The fourth-order valence-corrected chi connectivity index (χ4v) is 3.14. The predicted molar refractivity (Wildman–Crippen MR) is 122 cm³/mol. The second-order valence-electron chi connectivity index (χ2n) is 7.94. The highest BCUT2D eigenvalue weighted by atomic mass is 16.5. The zero-order valence-corrected chi connectivity index (χ0v) is 18.7. The van der Waals surface area contributed by atoms with Gasteiger partial charge in [-0.1, -0.05) is 45.0 Å². The van der Waals surface area contributed by atoms with Crippen LogP contribution in [0.3, 0.4) is 0 Å². The van der Waals surface area contributed by atoms with Crippen molar-refractivity contribution in [3.63, 3.8) is 0 Å². The van der Waals surface area contributed by atoms with Crippen LogP contribution in [0.5, 0.6) is 0 Å². The highest BCUT2D eigenvalue weighted by Crippen LogP contribution is 2.20. The lowest BCUT2D eigenvalue weighted by Crippen LogP contribution is -2.32. The van der Waals surface area contributed by atoms with Crippen molar-refractivity contribution in [3.05, 3.63) is 71.0 Å². The number of nitrogens with zero attached hydrogens (tertiary/aromatic N) is 1. The Bertz CT molecular complexity index is 1030. The van der Waals surface area contributed by atoms with Crippen LogP contribution in [0, 0.1) is 13.8 Å². The summed E-state index contributed by atoms with van der Waals surface area (Å²) < 4.78 is 5.48. The minimum Gasteiger partial charge on any atom is -0.449 e. The maximum atomic E-state index is 12.6. The Kier molecular flexibility index (Phi) is 6.90. The average molecular weight is 420 g/mol. The van der Waals surface area contributed by atoms with Gasteiger partial charge in [0.1, 0.15) is 5.82 Å². The number of rotatable bonds is 7. The SMILES string of the molecule is CCC(OC(=O)c1ccc(-c2nc(C)c(C)[nH]2)cc1)C(=O)Nc1ccc(C(C)C)cc1. The number of imidazole rings is 1. The summed E-state index contributed by atoms with van der Waals surface area (Å²) in [5.74, 6) is 0.298. The van der Waals surface area contributed by atoms with Crippen LogP contribution in [0.1, 0.15) is 60.4 Å². The number of esters is 1. The molecule has 1 atom stereocenters. The third-order valence-electron chi connectivity index (χ3n) is 5.28. The molecular weight excluding hydrogens is 390 g/mol. The number of aromatic nitrogens is 2. The van der Waals surface area contributed by atoms with Crippen LogP contribution < -0.4 is 5.32 Å². The molecule has 1 heterocycles. The first-order valence-corrected chi connectivity index (χ1v) is 10.5. The van der Waals surface area contributed by atoms with Gasteiger partial charge in [-0.05, 0) is 56.0 Å². The molecule has 0 radical (unpaired) electrons. The molecule has 6 nitrogen and oxygen atoms in total. The van der Waals surface area contributed by atoms with E-state index in [0.717, 1.165) is 22.8 Å². The number of nitrogens with one attached hydrogen (secondary N) is 2. The standard InChI is InChI=1S/C25H29N3O3/c1-6-22(24(29)28-21-13-11-18(12-14-21)15(2)3)31-25(30)20-9-7-19(8-10-20)23-26-16(4)17(5)27-23/h7-15,22H,6H2,1-5H3,(H,26,27)(H,28,29). The number of carbonyl (C=O) groups excluding carboxylic acids is 2. The highest BCUT2D eigenvalue weighted by molar-refractivity contribution is 5.97. The summed E-state index contributed by atoms with van der Waals surface area (Å²) in [6.07, 6.45) is -0.489. The summed E-state index contributed by atoms with van der Waals surface area (Å²) in [5.41, 5.74) is 5.08. The molecule has 3 rings (SSSR count). The summed E-state index contributed by atoms with van der Waals surface area (Å²) in [4.78, 5) is 32.9. The zero-order valence-electron chi connectivity index (χ0n) is 18.7. The predicted octanol–water partition coefficient (Wildman–Crippen LogP) is 5.39. The van der Waals surface area contributed by atoms with Crippen molar-refractivity contribution in [2.24, 2.45) is 0 Å². The number of hydrogen-bond donors (Lipinski definition) is 2. The zero-order chi connectivity index (χ0) is 22.5. The van der Waals surface area contributed by atoms with Crippen LogP contribution in [0.4, 0.5) is 5.69 Å². The average Bonchev–Trinajstić information content (AvgIpc) is 3.10. The van der Waals surface area contributed by atoms with Crippen LogP contribution in [0.2, 0.25) is 0 Å². The van der Waals surface area contributed by atoms with Gasteiger partial charge in [0.2, 0.25) is 0 Å². The van der Waals surface area contributed by atoms with Gasteiger partial charge >= 0.3 is 5.97 Å². The van der Waals surface area contributed by atoms with E-state index in [1.807, 2.05) is 57.2 Å². The molecule has 2 aromatic carbocycles. The van der Waals surface area contributed by atoms with Crippen molar-refractivity contribution in [1.82, 2.24) is 9.97 Å². The van der Waals surface area contributed by atoms with Crippen molar-refractivity contribution in [2.45, 2.75) is 53.1 Å². The topological polar surface area (TPSA) is 84.1 Å². The molecule has 31 heavy (non-hydrogen) atoms. The molecule has 3 aromatic rings. The van der Waals surface area contributed by atoms with Crippen molar-refractivity contribution < 1.29 is 14.3 Å². The van der Waals surface area contributed by atoms with E-state index in [1.54, 1.807) is 12.1 Å². The summed E-state index contributed by atoms with van der Waals surface area (Å²) in [6.45, 7) is 9.94. The van der Waals surface area contributed by atoms with Gasteiger partial charge in [-0.3, -0.25) is 4.79 Å². The molecule has 0 aliphatic carbocycles. The van der Waals surface area contributed by atoms with Gasteiger partial charge in [-0.25, -0.2) is 9.78 Å². The second kappa shape index (κ2) is 9.60. The van der Waals surface area contributed by atoms with E-state index < -0.39 is 12.1 Å². The molecule has 0 saturated heterocycles. The largest absolute Gasteiger partial charge is 0.449 e. The van der Waals surface area contributed by atoms with Crippen LogP contribution in [-0.2, 0) is 9.53 Å². The summed E-state index contributed by atoms with van der Waals surface area (Å²) in [5, 5.41) is 2.83. The van der Waals surface area contributed by atoms with E-state index in [4.69, 9.17) is 4.74 Å². The Labute approximate surface area is 183 Å². The van der Waals surface area contributed by atoms with Crippen LogP contribution in [0.15, 0.2) is 48.5 Å². The Morgan fingerprint density at radius 2 is 1.68 bits per heavy atom. The number of carbonyl (C=O) groups is 2. The molecule has 0 saturated carbocycles. The maximum Gasteiger partial charge on any atom is 0.338 e. The summed E-state index contributed by atoms with van der Waals surface area (Å²) in [6, 6.07) is 14.7. The van der Waals surface area contributed by atoms with Gasteiger partial charge in [0.05, 0.1) is 11.3 Å². The molecule has 0 spiro atoms. The molecule has 6 heteroatoms. The molecule has 0 aliphatic rings. The van der Waals surface area contributed by atoms with E-state index >= 15 is 0 Å². The third-order valence-corrected chi connectivity index (χ3v) is 5.28. The minimum atomic E-state index is -0.868. The van der Waals surface area contributed by atoms with E-state index in [0.29, 0.717) is 23.6 Å². The van der Waals surface area contributed by atoms with Crippen molar-refractivity contribution in [1.29, 1.82) is 0 Å². The van der Waals surface area contributed by atoms with Crippen molar-refractivity contribution in [3.8, 4) is 11.4 Å². The van der Waals surface area contributed by atoms with Gasteiger partial charge in [-0.2, -0.15) is 0 Å². The number of benzene rings is 2. The molecule has 1 unspecified atom stereocenters. The molecule has 1 aromatic heterocycles. The fourth-order valence-electron chi connectivity index (χ4n) is 3.14. The van der Waals surface area contributed by atoms with Gasteiger partial charge in [0.25, 0.3) is 5.91 Å². The molecule has 0 bridgehead atoms. The number of amides is 1. The Morgan fingerprint density at radius 1 is 1.03 bits per heavy atom. The number of H-pyrrole nitrogens is 1. The van der Waals surface area contributed by atoms with Crippen LogP contribution in [0.25, 0.3) is 11.4 Å². The summed E-state index contributed by atoms with van der Waals surface area (Å²) >= 11 is 0. The Hall–Kier alpha value is -3.41. The quantitative estimate of drug-likeness (QED) is 0.503.